The van der Waals surface area contributed by atoms with Crippen LogP contribution in [0.2, 0.25) is 0 Å². The zero-order chi connectivity index (χ0) is 14.0. The summed E-state index contributed by atoms with van der Waals surface area (Å²) in [6.07, 6.45) is 4.49. The van der Waals surface area contributed by atoms with Gasteiger partial charge in [0, 0.05) is 4.88 Å². The summed E-state index contributed by atoms with van der Waals surface area (Å²) >= 11 is 1.65. The number of hydrogen-bond acceptors (Lipinski definition) is 4. The van der Waals surface area contributed by atoms with Gasteiger partial charge in [0.05, 0.1) is 11.2 Å². The topological polar surface area (TPSA) is 50.9 Å². The van der Waals surface area contributed by atoms with Crippen LogP contribution in [-0.4, -0.2) is 11.5 Å². The molecule has 2 aromatic rings. The molecule has 1 aromatic carbocycles. The highest BCUT2D eigenvalue weighted by Crippen LogP contribution is 2.42. The maximum atomic E-state index is 5.97. The van der Waals surface area contributed by atoms with Crippen molar-refractivity contribution in [3.05, 3.63) is 46.5 Å². The monoisotopic (exact) mass is 287 g/mol. The minimum atomic E-state index is -0.154. The Labute approximate surface area is 124 Å². The Bertz CT molecular complexity index is 579. The molecule has 1 heterocycles. The molecule has 0 saturated heterocycles. The van der Waals surface area contributed by atoms with E-state index in [0.29, 0.717) is 5.13 Å². The molecular formula is C16H21N3S. The summed E-state index contributed by atoms with van der Waals surface area (Å²) in [5, 5.41) is 4.45. The normalized spacial score (nSPS) is 21.6. The number of rotatable bonds is 4. The van der Waals surface area contributed by atoms with Crippen LogP contribution in [-0.2, 0) is 12.0 Å². The van der Waals surface area contributed by atoms with Crippen LogP contribution in [0.4, 0.5) is 5.13 Å². The first kappa shape index (κ1) is 13.6. The van der Waals surface area contributed by atoms with Crippen LogP contribution in [0.1, 0.15) is 42.3 Å². The van der Waals surface area contributed by atoms with Gasteiger partial charge in [-0.25, -0.2) is 4.98 Å². The minimum absolute atomic E-state index is 0.154. The Balaban J connectivity index is 2.12. The van der Waals surface area contributed by atoms with E-state index in [1.54, 1.807) is 11.3 Å². The molecule has 1 aromatic heterocycles. The van der Waals surface area contributed by atoms with Crippen LogP contribution in [0.25, 0.3) is 0 Å². The van der Waals surface area contributed by atoms with Crippen LogP contribution in [0.5, 0.6) is 0 Å². The molecule has 0 spiro atoms. The maximum absolute atomic E-state index is 5.97. The van der Waals surface area contributed by atoms with Crippen LogP contribution in [0.15, 0.2) is 30.3 Å². The largest absolute Gasteiger partial charge is 0.375 e. The van der Waals surface area contributed by atoms with Crippen molar-refractivity contribution in [2.75, 3.05) is 12.3 Å². The van der Waals surface area contributed by atoms with Crippen molar-refractivity contribution >= 4 is 16.5 Å². The van der Waals surface area contributed by atoms with Gasteiger partial charge in [-0.3, -0.25) is 0 Å². The van der Waals surface area contributed by atoms with Crippen molar-refractivity contribution in [3.8, 4) is 0 Å². The molecule has 1 aliphatic carbocycles. The molecule has 3 nitrogen and oxygen atoms in total. The Morgan fingerprint density at radius 1 is 1.35 bits per heavy atom. The maximum Gasteiger partial charge on any atom is 0.180 e. The second-order valence-corrected chi connectivity index (χ2v) is 6.49. The van der Waals surface area contributed by atoms with Gasteiger partial charge < -0.3 is 11.1 Å². The van der Waals surface area contributed by atoms with Crippen LogP contribution in [0.3, 0.4) is 0 Å². The number of anilines is 1. The van der Waals surface area contributed by atoms with Gasteiger partial charge in [-0.1, -0.05) is 37.3 Å². The number of nitrogens with one attached hydrogen (secondary N) is 1. The lowest BCUT2D eigenvalue weighted by atomic mass is 9.77. The number of nitrogen functional groups attached to an aromatic ring is 1. The van der Waals surface area contributed by atoms with Gasteiger partial charge in [-0.15, -0.1) is 11.3 Å². The zero-order valence-corrected chi connectivity index (χ0v) is 12.7. The average Bonchev–Trinajstić information content (AvgIpc) is 2.87. The highest BCUT2D eigenvalue weighted by Gasteiger charge is 2.40. The number of aromatic nitrogens is 1. The Kier molecular flexibility index (Phi) is 3.76. The molecule has 0 radical (unpaired) electrons. The lowest BCUT2D eigenvalue weighted by molar-refractivity contribution is 0.338. The summed E-state index contributed by atoms with van der Waals surface area (Å²) in [6.45, 7) is 3.19. The fourth-order valence-corrected chi connectivity index (χ4v) is 4.07. The Morgan fingerprint density at radius 3 is 2.90 bits per heavy atom. The van der Waals surface area contributed by atoms with Gasteiger partial charge in [0.15, 0.2) is 5.13 Å². The summed E-state index contributed by atoms with van der Waals surface area (Å²) in [4.78, 5) is 6.02. The number of nitrogens with zero attached hydrogens (tertiary/aromatic N) is 1. The third-order valence-corrected chi connectivity index (χ3v) is 4.96. The van der Waals surface area contributed by atoms with Crippen molar-refractivity contribution in [2.24, 2.45) is 0 Å². The number of benzene rings is 1. The molecular weight excluding hydrogens is 266 g/mol. The van der Waals surface area contributed by atoms with E-state index in [4.69, 9.17) is 5.73 Å². The first-order chi connectivity index (χ1) is 9.76. The standard InChI is InChI=1S/C16H21N3S/c1-2-11-18-16(12-7-4-3-5-8-12)10-6-9-13-14(16)19-15(17)20-13/h3-5,7-8,18H,2,6,9-11H2,1H3,(H2,17,19). The Hall–Kier alpha value is -1.39. The van der Waals surface area contributed by atoms with E-state index < -0.39 is 0 Å². The van der Waals surface area contributed by atoms with Gasteiger partial charge in [-0.2, -0.15) is 0 Å². The second kappa shape index (κ2) is 5.54. The van der Waals surface area contributed by atoms with Crippen molar-refractivity contribution < 1.29 is 0 Å². The summed E-state index contributed by atoms with van der Waals surface area (Å²) in [7, 11) is 0. The Morgan fingerprint density at radius 2 is 2.15 bits per heavy atom. The smallest absolute Gasteiger partial charge is 0.180 e. The molecule has 0 aliphatic heterocycles. The van der Waals surface area contributed by atoms with Crippen molar-refractivity contribution in [2.45, 2.75) is 38.1 Å². The molecule has 4 heteroatoms. The second-order valence-electron chi connectivity index (χ2n) is 5.38. The fraction of sp³-hybridized carbons (Fsp3) is 0.438. The highest BCUT2D eigenvalue weighted by atomic mass is 32.1. The van der Waals surface area contributed by atoms with E-state index in [1.165, 1.54) is 16.9 Å². The van der Waals surface area contributed by atoms with Crippen LogP contribution >= 0.6 is 11.3 Å². The van der Waals surface area contributed by atoms with Crippen LogP contribution < -0.4 is 11.1 Å². The number of nitrogens with two attached hydrogens (primary N) is 1. The predicted molar refractivity (Wildman–Crippen MR) is 85.0 cm³/mol. The molecule has 20 heavy (non-hydrogen) atoms. The number of fused-ring (bicyclic) bond motifs is 1. The molecule has 1 unspecified atom stereocenters. The molecule has 0 amide bonds. The van der Waals surface area contributed by atoms with E-state index in [1.807, 2.05) is 0 Å². The first-order valence-electron chi connectivity index (χ1n) is 7.32. The van der Waals surface area contributed by atoms with Crippen molar-refractivity contribution in [1.82, 2.24) is 10.3 Å². The minimum Gasteiger partial charge on any atom is -0.375 e. The van der Waals surface area contributed by atoms with Gasteiger partial charge in [0.2, 0.25) is 0 Å². The lowest BCUT2D eigenvalue weighted by Gasteiger charge is -2.38. The van der Waals surface area contributed by atoms with Gasteiger partial charge in [0.1, 0.15) is 0 Å². The van der Waals surface area contributed by atoms with Gasteiger partial charge in [0.25, 0.3) is 0 Å². The summed E-state index contributed by atoms with van der Waals surface area (Å²) in [6, 6.07) is 10.7. The molecule has 0 fully saturated rings. The van der Waals surface area contributed by atoms with E-state index in [2.05, 4.69) is 47.6 Å². The van der Waals surface area contributed by atoms with Crippen molar-refractivity contribution in [3.63, 3.8) is 0 Å². The summed E-state index contributed by atoms with van der Waals surface area (Å²) < 4.78 is 0. The molecule has 1 atom stereocenters. The van der Waals surface area contributed by atoms with Crippen LogP contribution in [0, 0.1) is 0 Å². The van der Waals surface area contributed by atoms with E-state index in [9.17, 15) is 0 Å². The first-order valence-corrected chi connectivity index (χ1v) is 8.14. The van der Waals surface area contributed by atoms with E-state index in [0.717, 1.165) is 31.5 Å². The fourth-order valence-electron chi connectivity index (χ4n) is 3.12. The SMILES string of the molecule is CCCNC1(c2ccccc2)CCCc2sc(N)nc21. The average molecular weight is 287 g/mol. The molecule has 0 bridgehead atoms. The van der Waals surface area contributed by atoms with Gasteiger partial charge >= 0.3 is 0 Å². The lowest BCUT2D eigenvalue weighted by Crippen LogP contribution is -2.46. The number of thiazole rings is 1. The third-order valence-electron chi connectivity index (χ3n) is 4.02. The molecule has 0 saturated carbocycles. The summed E-state index contributed by atoms with van der Waals surface area (Å²) in [5.74, 6) is 0. The highest BCUT2D eigenvalue weighted by molar-refractivity contribution is 7.15. The van der Waals surface area contributed by atoms with Crippen molar-refractivity contribution in [1.29, 1.82) is 0 Å². The quantitative estimate of drug-likeness (QED) is 0.907. The van der Waals surface area contributed by atoms with E-state index >= 15 is 0 Å². The number of aryl methyl sites for hydroxylation is 1. The molecule has 106 valence electrons. The molecule has 3 rings (SSSR count). The third kappa shape index (κ3) is 2.23. The summed E-state index contributed by atoms with van der Waals surface area (Å²) in [5.41, 5.74) is 8.28. The predicted octanol–water partition coefficient (Wildman–Crippen LogP) is 3.30. The van der Waals surface area contributed by atoms with E-state index in [-0.39, 0.29) is 5.54 Å². The zero-order valence-electron chi connectivity index (χ0n) is 11.9. The van der Waals surface area contributed by atoms with Gasteiger partial charge in [-0.05, 0) is 37.8 Å². The number of hydrogen-bond donors (Lipinski definition) is 2. The molecule has 1 aliphatic rings. The molecule has 3 N–H and O–H groups in total.